The monoisotopic (exact) mass is 198 g/mol. The molecule has 1 N–H and O–H groups in total. The molecule has 0 bridgehead atoms. The highest BCUT2D eigenvalue weighted by molar-refractivity contribution is 5.67. The fourth-order valence-electron chi connectivity index (χ4n) is 0.872. The highest BCUT2D eigenvalue weighted by Gasteiger charge is 2.05. The summed E-state index contributed by atoms with van der Waals surface area (Å²) >= 11 is 0. The fourth-order valence-corrected chi connectivity index (χ4v) is 0.872. The molecule has 0 aliphatic heterocycles. The Bertz CT molecular complexity index is 308. The summed E-state index contributed by atoms with van der Waals surface area (Å²) in [6, 6.07) is 0. The van der Waals surface area contributed by atoms with Gasteiger partial charge in [0.2, 0.25) is 0 Å². The minimum absolute atomic E-state index is 0.119. The van der Waals surface area contributed by atoms with Crippen LogP contribution in [0.1, 0.15) is 19.7 Å². The van der Waals surface area contributed by atoms with E-state index in [4.69, 9.17) is 4.74 Å². The molecule has 0 atom stereocenters. The van der Waals surface area contributed by atoms with Gasteiger partial charge >= 0.3 is 6.09 Å². The Morgan fingerprint density at radius 1 is 1.71 bits per heavy atom. The molecular formula is C8H14N4O2. The van der Waals surface area contributed by atoms with Crippen molar-refractivity contribution < 1.29 is 9.53 Å². The molecule has 1 heterocycles. The molecule has 1 rings (SSSR count). The number of nitrogens with one attached hydrogen (secondary N) is 1. The molecule has 78 valence electrons. The number of hydrogen-bond donors (Lipinski definition) is 1. The Balaban J connectivity index is 2.30. The van der Waals surface area contributed by atoms with Crippen molar-refractivity contribution in [3.63, 3.8) is 0 Å². The molecule has 0 aromatic carbocycles. The Morgan fingerprint density at radius 2 is 2.43 bits per heavy atom. The van der Waals surface area contributed by atoms with Crippen LogP contribution < -0.4 is 5.32 Å². The smallest absolute Gasteiger partial charge is 0.407 e. The number of nitrogens with zero attached hydrogens (tertiary/aromatic N) is 3. The first-order valence-corrected chi connectivity index (χ1v) is 4.37. The fraction of sp³-hybridized carbons (Fsp3) is 0.625. The molecule has 0 unspecified atom stereocenters. The van der Waals surface area contributed by atoms with E-state index >= 15 is 0 Å². The van der Waals surface area contributed by atoms with Crippen molar-refractivity contribution in [1.82, 2.24) is 20.1 Å². The first-order valence-electron chi connectivity index (χ1n) is 4.37. The number of aromatic nitrogens is 3. The zero-order valence-corrected chi connectivity index (χ0v) is 8.52. The van der Waals surface area contributed by atoms with Gasteiger partial charge in [0, 0.05) is 7.05 Å². The van der Waals surface area contributed by atoms with Crippen LogP contribution in [0.4, 0.5) is 4.79 Å². The topological polar surface area (TPSA) is 69.0 Å². The Labute approximate surface area is 82.3 Å². The van der Waals surface area contributed by atoms with Crippen molar-refractivity contribution in [1.29, 1.82) is 0 Å². The summed E-state index contributed by atoms with van der Waals surface area (Å²) < 4.78 is 6.44. The standard InChI is InChI=1S/C8H14N4O2/c1-6(2)14-8(13)9-4-7-10-5-12(3)11-7/h5-6H,4H2,1-3H3,(H,9,13). The number of alkyl carbamates (subject to hydrolysis) is 1. The van der Waals surface area contributed by atoms with Crippen LogP contribution in [0.25, 0.3) is 0 Å². The van der Waals surface area contributed by atoms with Gasteiger partial charge in [-0.25, -0.2) is 9.78 Å². The molecule has 0 aliphatic carbocycles. The SMILES string of the molecule is CC(C)OC(=O)NCc1ncn(C)n1. The van der Waals surface area contributed by atoms with E-state index in [1.165, 1.54) is 0 Å². The minimum atomic E-state index is -0.451. The first-order chi connectivity index (χ1) is 6.58. The van der Waals surface area contributed by atoms with Crippen LogP contribution >= 0.6 is 0 Å². The number of ether oxygens (including phenoxy) is 1. The summed E-state index contributed by atoms with van der Waals surface area (Å²) in [6.07, 6.45) is 1.00. The lowest BCUT2D eigenvalue weighted by molar-refractivity contribution is 0.115. The van der Waals surface area contributed by atoms with Gasteiger partial charge < -0.3 is 10.1 Å². The van der Waals surface area contributed by atoms with E-state index in [-0.39, 0.29) is 12.6 Å². The van der Waals surface area contributed by atoms with Crippen LogP contribution in [0.5, 0.6) is 0 Å². The van der Waals surface area contributed by atoms with E-state index in [2.05, 4.69) is 15.4 Å². The summed E-state index contributed by atoms with van der Waals surface area (Å²) in [6.45, 7) is 3.86. The lowest BCUT2D eigenvalue weighted by Crippen LogP contribution is -2.26. The Kier molecular flexibility index (Phi) is 3.44. The van der Waals surface area contributed by atoms with Gasteiger partial charge in [0.15, 0.2) is 5.82 Å². The Morgan fingerprint density at radius 3 is 2.93 bits per heavy atom. The predicted molar refractivity (Wildman–Crippen MR) is 49.5 cm³/mol. The molecule has 0 aliphatic rings. The molecule has 1 aromatic heterocycles. The quantitative estimate of drug-likeness (QED) is 0.765. The van der Waals surface area contributed by atoms with Crippen molar-refractivity contribution >= 4 is 6.09 Å². The normalized spacial score (nSPS) is 10.3. The van der Waals surface area contributed by atoms with Gasteiger partial charge in [0.1, 0.15) is 6.33 Å². The Hall–Kier alpha value is -1.59. The number of amides is 1. The average Bonchev–Trinajstić information content (AvgIpc) is 2.47. The van der Waals surface area contributed by atoms with Gasteiger partial charge in [0.05, 0.1) is 12.6 Å². The van der Waals surface area contributed by atoms with Crippen molar-refractivity contribution in [3.05, 3.63) is 12.2 Å². The summed E-state index contributed by atoms with van der Waals surface area (Å²) in [5.74, 6) is 0.563. The zero-order chi connectivity index (χ0) is 10.6. The summed E-state index contributed by atoms with van der Waals surface area (Å²) in [5.41, 5.74) is 0. The van der Waals surface area contributed by atoms with E-state index in [9.17, 15) is 4.79 Å². The molecule has 1 aromatic rings. The maximum atomic E-state index is 11.0. The van der Waals surface area contributed by atoms with Crippen LogP contribution in [-0.4, -0.2) is 27.0 Å². The third-order valence-corrected chi connectivity index (χ3v) is 1.38. The average molecular weight is 198 g/mol. The highest BCUT2D eigenvalue weighted by atomic mass is 16.6. The van der Waals surface area contributed by atoms with Crippen LogP contribution in [0, 0.1) is 0 Å². The third kappa shape index (κ3) is 3.42. The number of hydrogen-bond acceptors (Lipinski definition) is 4. The maximum absolute atomic E-state index is 11.0. The molecule has 0 fully saturated rings. The lowest BCUT2D eigenvalue weighted by Gasteiger charge is -2.07. The van der Waals surface area contributed by atoms with Crippen molar-refractivity contribution in [3.8, 4) is 0 Å². The first kappa shape index (κ1) is 10.5. The molecule has 6 nitrogen and oxygen atoms in total. The van der Waals surface area contributed by atoms with Gasteiger partial charge in [0.25, 0.3) is 0 Å². The van der Waals surface area contributed by atoms with E-state index in [0.29, 0.717) is 5.82 Å². The number of carbonyl (C=O) groups is 1. The van der Waals surface area contributed by atoms with E-state index in [1.54, 1.807) is 31.9 Å². The number of carbonyl (C=O) groups excluding carboxylic acids is 1. The van der Waals surface area contributed by atoms with E-state index in [1.807, 2.05) is 0 Å². The zero-order valence-electron chi connectivity index (χ0n) is 8.52. The summed E-state index contributed by atoms with van der Waals surface area (Å²) in [7, 11) is 1.77. The maximum Gasteiger partial charge on any atom is 0.407 e. The second kappa shape index (κ2) is 4.59. The van der Waals surface area contributed by atoms with Crippen LogP contribution in [-0.2, 0) is 18.3 Å². The molecule has 0 radical (unpaired) electrons. The van der Waals surface area contributed by atoms with Crippen molar-refractivity contribution in [2.45, 2.75) is 26.5 Å². The third-order valence-electron chi connectivity index (χ3n) is 1.38. The second-order valence-corrected chi connectivity index (χ2v) is 3.14. The summed E-state index contributed by atoms with van der Waals surface area (Å²) in [4.78, 5) is 15.0. The van der Waals surface area contributed by atoms with Crippen LogP contribution in [0.2, 0.25) is 0 Å². The number of rotatable bonds is 3. The molecule has 0 saturated carbocycles. The minimum Gasteiger partial charge on any atom is -0.447 e. The molecule has 6 heteroatoms. The van der Waals surface area contributed by atoms with Gasteiger partial charge in [-0.15, -0.1) is 0 Å². The molecular weight excluding hydrogens is 184 g/mol. The lowest BCUT2D eigenvalue weighted by atomic mass is 10.5. The van der Waals surface area contributed by atoms with Crippen molar-refractivity contribution in [2.75, 3.05) is 0 Å². The highest BCUT2D eigenvalue weighted by Crippen LogP contribution is 1.91. The van der Waals surface area contributed by atoms with E-state index < -0.39 is 6.09 Å². The van der Waals surface area contributed by atoms with E-state index in [0.717, 1.165) is 0 Å². The van der Waals surface area contributed by atoms with Gasteiger partial charge in [-0.3, -0.25) is 4.68 Å². The molecule has 1 amide bonds. The predicted octanol–water partition coefficient (Wildman–Crippen LogP) is 0.450. The largest absolute Gasteiger partial charge is 0.447 e. The molecule has 14 heavy (non-hydrogen) atoms. The second-order valence-electron chi connectivity index (χ2n) is 3.14. The molecule has 0 saturated heterocycles. The molecule has 0 spiro atoms. The van der Waals surface area contributed by atoms with Gasteiger partial charge in [-0.2, -0.15) is 5.10 Å². The number of aryl methyl sites for hydroxylation is 1. The summed E-state index contributed by atoms with van der Waals surface area (Å²) in [5, 5.41) is 6.54. The van der Waals surface area contributed by atoms with Gasteiger partial charge in [-0.05, 0) is 13.8 Å². The van der Waals surface area contributed by atoms with Crippen molar-refractivity contribution in [2.24, 2.45) is 7.05 Å². The van der Waals surface area contributed by atoms with Gasteiger partial charge in [-0.1, -0.05) is 0 Å². The van der Waals surface area contributed by atoms with Crippen LogP contribution in [0.3, 0.4) is 0 Å². The van der Waals surface area contributed by atoms with Crippen LogP contribution in [0.15, 0.2) is 6.33 Å².